The number of hydrogen-bond acceptors (Lipinski definition) is 4. The van der Waals surface area contributed by atoms with Crippen LogP contribution in [0.2, 0.25) is 0 Å². The van der Waals surface area contributed by atoms with Gasteiger partial charge in [0.05, 0.1) is 23.1 Å². The van der Waals surface area contributed by atoms with E-state index in [0.717, 1.165) is 21.2 Å². The third-order valence-corrected chi connectivity index (χ3v) is 4.93. The quantitative estimate of drug-likeness (QED) is 0.700. The van der Waals surface area contributed by atoms with Crippen molar-refractivity contribution in [3.8, 4) is 16.6 Å². The molecule has 0 spiro atoms. The molecule has 3 heterocycles. The van der Waals surface area contributed by atoms with E-state index < -0.39 is 0 Å². The first-order valence-electron chi connectivity index (χ1n) is 6.42. The van der Waals surface area contributed by atoms with Crippen LogP contribution in [0.3, 0.4) is 0 Å². The third kappa shape index (κ3) is 2.05. The Morgan fingerprint density at radius 2 is 2.15 bits per heavy atom. The van der Waals surface area contributed by atoms with Crippen molar-refractivity contribution >= 4 is 27.6 Å². The Labute approximate surface area is 126 Å². The van der Waals surface area contributed by atoms with Crippen LogP contribution in [0.5, 0.6) is 0 Å². The minimum Gasteiger partial charge on any atom is -0.289 e. The Kier molecular flexibility index (Phi) is 3.15. The van der Waals surface area contributed by atoms with Gasteiger partial charge in [-0.05, 0) is 11.4 Å². The van der Waals surface area contributed by atoms with Gasteiger partial charge in [-0.2, -0.15) is 5.26 Å². The van der Waals surface area contributed by atoms with Crippen LogP contribution in [0.15, 0.2) is 22.9 Å². The average Bonchev–Trinajstić information content (AvgIpc) is 3.03. The van der Waals surface area contributed by atoms with Crippen LogP contribution in [0.25, 0.3) is 15.5 Å². The van der Waals surface area contributed by atoms with E-state index in [-0.39, 0.29) is 5.41 Å². The van der Waals surface area contributed by atoms with E-state index >= 15 is 0 Å². The molecule has 0 N–H and O–H groups in total. The lowest BCUT2D eigenvalue weighted by molar-refractivity contribution is 0.562. The fraction of sp³-hybridized carbons (Fsp3) is 0.333. The molecule has 0 amide bonds. The summed E-state index contributed by atoms with van der Waals surface area (Å²) >= 11 is 3.31. The molecule has 0 aliphatic rings. The van der Waals surface area contributed by atoms with Crippen molar-refractivity contribution in [2.24, 2.45) is 0 Å². The predicted molar refractivity (Wildman–Crippen MR) is 84.4 cm³/mol. The van der Waals surface area contributed by atoms with Gasteiger partial charge in [0.25, 0.3) is 0 Å². The first-order valence-corrected chi connectivity index (χ1v) is 8.18. The van der Waals surface area contributed by atoms with Gasteiger partial charge in [0.15, 0.2) is 4.96 Å². The maximum Gasteiger partial charge on any atom is 0.194 e. The molecule has 0 saturated carbocycles. The zero-order valence-corrected chi connectivity index (χ0v) is 13.3. The highest BCUT2D eigenvalue weighted by Crippen LogP contribution is 2.35. The first kappa shape index (κ1) is 13.3. The zero-order valence-electron chi connectivity index (χ0n) is 11.7. The Hall–Kier alpha value is -1.64. The van der Waals surface area contributed by atoms with Crippen LogP contribution in [0.1, 0.15) is 32.2 Å². The van der Waals surface area contributed by atoms with E-state index in [4.69, 9.17) is 10.2 Å². The summed E-state index contributed by atoms with van der Waals surface area (Å²) in [5.74, 6) is 0. The maximum absolute atomic E-state index is 9.17. The molecule has 0 aromatic carbocycles. The second-order valence-corrected chi connectivity index (χ2v) is 7.49. The van der Waals surface area contributed by atoms with Crippen molar-refractivity contribution in [3.63, 3.8) is 0 Å². The van der Waals surface area contributed by atoms with Gasteiger partial charge in [-0.3, -0.25) is 4.40 Å². The largest absolute Gasteiger partial charge is 0.289 e. The summed E-state index contributed by atoms with van der Waals surface area (Å²) in [4.78, 5) is 6.85. The van der Waals surface area contributed by atoms with Gasteiger partial charge in [-0.15, -0.1) is 22.7 Å². The number of imidazole rings is 1. The summed E-state index contributed by atoms with van der Waals surface area (Å²) in [6.45, 7) is 6.57. The van der Waals surface area contributed by atoms with Crippen molar-refractivity contribution < 1.29 is 0 Å². The van der Waals surface area contributed by atoms with Gasteiger partial charge >= 0.3 is 0 Å². The molecule has 3 nitrogen and oxygen atoms in total. The monoisotopic (exact) mass is 301 g/mol. The van der Waals surface area contributed by atoms with Crippen LogP contribution in [-0.2, 0) is 11.8 Å². The molecule has 20 heavy (non-hydrogen) atoms. The summed E-state index contributed by atoms with van der Waals surface area (Å²) in [5.41, 5.74) is 3.23. The minimum absolute atomic E-state index is 0.0376. The van der Waals surface area contributed by atoms with Crippen LogP contribution < -0.4 is 0 Å². The smallest absolute Gasteiger partial charge is 0.194 e. The molecule has 0 bridgehead atoms. The Morgan fingerprint density at radius 3 is 2.75 bits per heavy atom. The van der Waals surface area contributed by atoms with Gasteiger partial charge < -0.3 is 0 Å². The standard InChI is InChI=1S/C15H15N3S2/c1-15(2,3)12-9-20-14-17-13(11-5-4-8-19-11)10(6-7-16)18(12)14/h4-5,8-9H,6H2,1-3H3. The first-order chi connectivity index (χ1) is 9.52. The molecule has 0 saturated heterocycles. The highest BCUT2D eigenvalue weighted by atomic mass is 32.1. The summed E-state index contributed by atoms with van der Waals surface area (Å²) < 4.78 is 2.17. The van der Waals surface area contributed by atoms with Gasteiger partial charge in [0.1, 0.15) is 5.69 Å². The molecular weight excluding hydrogens is 286 g/mol. The molecule has 3 aromatic heterocycles. The number of hydrogen-bond donors (Lipinski definition) is 0. The second-order valence-electron chi connectivity index (χ2n) is 5.71. The fourth-order valence-electron chi connectivity index (χ4n) is 2.28. The fourth-order valence-corrected chi connectivity index (χ4v) is 4.15. The van der Waals surface area contributed by atoms with Crippen LogP contribution in [0, 0.1) is 11.3 Å². The lowest BCUT2D eigenvalue weighted by Crippen LogP contribution is -2.15. The van der Waals surface area contributed by atoms with E-state index in [1.54, 1.807) is 22.7 Å². The van der Waals surface area contributed by atoms with Crippen LogP contribution in [0.4, 0.5) is 0 Å². The molecule has 3 rings (SSSR count). The van der Waals surface area contributed by atoms with Crippen molar-refractivity contribution in [3.05, 3.63) is 34.3 Å². The molecule has 0 radical (unpaired) electrons. The summed E-state index contributed by atoms with van der Waals surface area (Å²) in [6.07, 6.45) is 0.383. The SMILES string of the molecule is CC(C)(C)c1csc2nc(-c3cccs3)c(CC#N)n12. The predicted octanol–water partition coefficient (Wildman–Crippen LogP) is 4.49. The van der Waals surface area contributed by atoms with Gasteiger partial charge in [-0.25, -0.2) is 4.98 Å². The highest BCUT2D eigenvalue weighted by Gasteiger charge is 2.24. The van der Waals surface area contributed by atoms with Crippen molar-refractivity contribution in [1.29, 1.82) is 5.26 Å². The normalized spacial score (nSPS) is 11.9. The van der Waals surface area contributed by atoms with Crippen LogP contribution >= 0.6 is 22.7 Å². The molecule has 102 valence electrons. The van der Waals surface area contributed by atoms with Crippen molar-refractivity contribution in [2.45, 2.75) is 32.6 Å². The molecule has 0 aliphatic heterocycles. The lowest BCUT2D eigenvalue weighted by Gasteiger charge is -2.18. The van der Waals surface area contributed by atoms with E-state index in [0.29, 0.717) is 6.42 Å². The molecule has 0 unspecified atom stereocenters. The Bertz CT molecular complexity index is 780. The summed E-state index contributed by atoms with van der Waals surface area (Å²) in [5, 5.41) is 13.4. The number of rotatable bonds is 2. The van der Waals surface area contributed by atoms with Gasteiger partial charge in [0, 0.05) is 16.5 Å². The van der Waals surface area contributed by atoms with Crippen molar-refractivity contribution in [2.75, 3.05) is 0 Å². The van der Waals surface area contributed by atoms with Gasteiger partial charge in [0.2, 0.25) is 0 Å². The lowest BCUT2D eigenvalue weighted by atomic mass is 9.93. The number of fused-ring (bicyclic) bond motifs is 1. The average molecular weight is 301 g/mol. The van der Waals surface area contributed by atoms with E-state index in [1.165, 1.54) is 5.69 Å². The molecule has 3 aromatic rings. The molecule has 5 heteroatoms. The molecule has 0 fully saturated rings. The van der Waals surface area contributed by atoms with E-state index in [2.05, 4.69) is 42.7 Å². The number of nitrogens with zero attached hydrogens (tertiary/aromatic N) is 3. The second kappa shape index (κ2) is 4.72. The van der Waals surface area contributed by atoms with E-state index in [9.17, 15) is 0 Å². The van der Waals surface area contributed by atoms with Gasteiger partial charge in [-0.1, -0.05) is 26.8 Å². The molecule has 0 atom stereocenters. The van der Waals surface area contributed by atoms with Crippen LogP contribution in [-0.4, -0.2) is 9.38 Å². The van der Waals surface area contributed by atoms with E-state index in [1.807, 2.05) is 11.4 Å². The number of aromatic nitrogens is 2. The topological polar surface area (TPSA) is 41.1 Å². The van der Waals surface area contributed by atoms with Crippen molar-refractivity contribution in [1.82, 2.24) is 9.38 Å². The highest BCUT2D eigenvalue weighted by molar-refractivity contribution is 7.15. The minimum atomic E-state index is 0.0376. The molecule has 0 aliphatic carbocycles. The Morgan fingerprint density at radius 1 is 1.35 bits per heavy atom. The Balaban J connectivity index is 2.31. The summed E-state index contributed by atoms with van der Waals surface area (Å²) in [7, 11) is 0. The maximum atomic E-state index is 9.17. The number of thiophene rings is 1. The molecular formula is C15H15N3S2. The number of nitriles is 1. The zero-order chi connectivity index (χ0) is 14.3. The third-order valence-electron chi connectivity index (χ3n) is 3.23. The number of thiazole rings is 1. The summed E-state index contributed by atoms with van der Waals surface area (Å²) in [6, 6.07) is 6.37.